The van der Waals surface area contributed by atoms with Crippen molar-refractivity contribution in [3.8, 4) is 22.4 Å². The highest BCUT2D eigenvalue weighted by Gasteiger charge is 2.27. The van der Waals surface area contributed by atoms with Crippen LogP contribution in [0.1, 0.15) is 10.4 Å². The Morgan fingerprint density at radius 2 is 1.73 bits per heavy atom. The Morgan fingerprint density at radius 1 is 0.970 bits per heavy atom. The first-order chi connectivity index (χ1) is 15.7. The van der Waals surface area contributed by atoms with Crippen LogP contribution in [-0.4, -0.2) is 44.4 Å². The molecule has 0 fully saturated rings. The number of nitrogens with one attached hydrogen (secondary N) is 2. The molecule has 4 aromatic rings. The maximum Gasteiger partial charge on any atom is 0.405 e. The number of hydrogen-bond donors (Lipinski definition) is 3. The number of amides is 2. The lowest BCUT2D eigenvalue weighted by Crippen LogP contribution is -2.36. The third-order valence-electron chi connectivity index (χ3n) is 4.67. The molecule has 0 aliphatic rings. The Morgan fingerprint density at radius 3 is 2.48 bits per heavy atom. The maximum atomic E-state index is 12.3. The summed E-state index contributed by atoms with van der Waals surface area (Å²) in [6, 6.07) is 13.7. The highest BCUT2D eigenvalue weighted by Crippen LogP contribution is 2.26. The molecule has 33 heavy (non-hydrogen) atoms. The summed E-state index contributed by atoms with van der Waals surface area (Å²) >= 11 is 0. The minimum atomic E-state index is -4.50. The number of benzene rings is 2. The van der Waals surface area contributed by atoms with Crippen LogP contribution in [0.5, 0.6) is 0 Å². The number of nitrogens with zero attached hydrogens (tertiary/aromatic N) is 3. The Labute approximate surface area is 184 Å². The molecule has 11 heteroatoms. The van der Waals surface area contributed by atoms with Crippen molar-refractivity contribution in [1.82, 2.24) is 19.9 Å². The molecule has 2 aromatic carbocycles. The third kappa shape index (κ3) is 5.09. The van der Waals surface area contributed by atoms with Crippen molar-refractivity contribution in [2.45, 2.75) is 6.18 Å². The highest BCUT2D eigenvalue weighted by atomic mass is 19.4. The molecule has 0 aliphatic heterocycles. The Bertz CT molecular complexity index is 1350. The van der Waals surface area contributed by atoms with Crippen LogP contribution >= 0.6 is 0 Å². The SMILES string of the molecule is O=C(NCC(F)(F)F)Nc1cccc(-c2cnc3cc(-c4cccc(C(=O)O)c4)cnn23)c1. The number of rotatable bonds is 5. The van der Waals surface area contributed by atoms with Gasteiger partial charge in [-0.2, -0.15) is 18.3 Å². The van der Waals surface area contributed by atoms with Gasteiger partial charge >= 0.3 is 18.2 Å². The van der Waals surface area contributed by atoms with E-state index < -0.39 is 24.7 Å². The normalized spacial score (nSPS) is 11.4. The zero-order valence-corrected chi connectivity index (χ0v) is 16.8. The zero-order valence-electron chi connectivity index (χ0n) is 16.8. The molecule has 4 rings (SSSR count). The summed E-state index contributed by atoms with van der Waals surface area (Å²) < 4.78 is 38.3. The molecule has 0 atom stereocenters. The predicted octanol–water partition coefficient (Wildman–Crippen LogP) is 4.45. The van der Waals surface area contributed by atoms with Crippen LogP contribution in [0.15, 0.2) is 67.0 Å². The minimum absolute atomic E-state index is 0.153. The molecule has 0 bridgehead atoms. The van der Waals surface area contributed by atoms with E-state index in [0.717, 1.165) is 0 Å². The number of anilines is 1. The molecule has 168 valence electrons. The van der Waals surface area contributed by atoms with Crippen molar-refractivity contribution in [1.29, 1.82) is 0 Å². The van der Waals surface area contributed by atoms with Gasteiger partial charge in [-0.1, -0.05) is 24.3 Å². The second-order valence-corrected chi connectivity index (χ2v) is 7.05. The fraction of sp³-hybridized carbons (Fsp3) is 0.0909. The van der Waals surface area contributed by atoms with Crippen LogP contribution in [-0.2, 0) is 0 Å². The van der Waals surface area contributed by atoms with Crippen LogP contribution in [0.3, 0.4) is 0 Å². The van der Waals surface area contributed by atoms with Crippen LogP contribution in [0.2, 0.25) is 0 Å². The number of carbonyl (C=O) groups is 2. The molecule has 3 N–H and O–H groups in total. The van der Waals surface area contributed by atoms with Gasteiger partial charge in [0, 0.05) is 16.8 Å². The summed E-state index contributed by atoms with van der Waals surface area (Å²) in [6.45, 7) is -1.44. The minimum Gasteiger partial charge on any atom is -0.478 e. The molecule has 0 saturated carbocycles. The Hall–Kier alpha value is -4.41. The van der Waals surface area contributed by atoms with Crippen molar-refractivity contribution in [2.75, 3.05) is 11.9 Å². The van der Waals surface area contributed by atoms with Crippen LogP contribution in [0, 0.1) is 0 Å². The van der Waals surface area contributed by atoms with Gasteiger partial charge in [-0.25, -0.2) is 19.1 Å². The number of aromatic nitrogens is 3. The number of carboxylic acids is 1. The van der Waals surface area contributed by atoms with Gasteiger partial charge in [0.2, 0.25) is 0 Å². The van der Waals surface area contributed by atoms with Gasteiger partial charge in [-0.15, -0.1) is 0 Å². The molecule has 2 aromatic heterocycles. The van der Waals surface area contributed by atoms with Crippen molar-refractivity contribution < 1.29 is 27.9 Å². The summed E-state index contributed by atoms with van der Waals surface area (Å²) in [4.78, 5) is 27.3. The van der Waals surface area contributed by atoms with Gasteiger partial charge in [0.15, 0.2) is 5.65 Å². The van der Waals surface area contributed by atoms with E-state index in [-0.39, 0.29) is 5.56 Å². The first kappa shape index (κ1) is 21.8. The predicted molar refractivity (Wildman–Crippen MR) is 114 cm³/mol. The van der Waals surface area contributed by atoms with Gasteiger partial charge < -0.3 is 15.7 Å². The number of urea groups is 1. The summed E-state index contributed by atoms with van der Waals surface area (Å²) in [7, 11) is 0. The number of aromatic carboxylic acids is 1. The molecular weight excluding hydrogens is 439 g/mol. The number of halogens is 3. The second kappa shape index (κ2) is 8.61. The van der Waals surface area contributed by atoms with Crippen LogP contribution in [0.25, 0.3) is 28.0 Å². The number of fused-ring (bicyclic) bond motifs is 1. The molecule has 0 unspecified atom stereocenters. The lowest BCUT2D eigenvalue weighted by Gasteiger charge is -2.10. The lowest BCUT2D eigenvalue weighted by molar-refractivity contribution is -0.122. The van der Waals surface area contributed by atoms with E-state index in [0.29, 0.717) is 33.7 Å². The van der Waals surface area contributed by atoms with E-state index in [1.807, 2.05) is 0 Å². The van der Waals surface area contributed by atoms with E-state index in [1.165, 1.54) is 6.07 Å². The van der Waals surface area contributed by atoms with Crippen molar-refractivity contribution >= 4 is 23.3 Å². The van der Waals surface area contributed by atoms with E-state index in [4.69, 9.17) is 0 Å². The van der Waals surface area contributed by atoms with Crippen molar-refractivity contribution in [2.24, 2.45) is 0 Å². The molecule has 2 heterocycles. The van der Waals surface area contributed by atoms with Gasteiger partial charge in [0.25, 0.3) is 0 Å². The van der Waals surface area contributed by atoms with E-state index in [2.05, 4.69) is 15.4 Å². The number of imidazole rings is 1. The molecule has 0 saturated heterocycles. The fourth-order valence-corrected chi connectivity index (χ4v) is 3.17. The summed E-state index contributed by atoms with van der Waals surface area (Å²) in [5.41, 5.74) is 3.53. The quantitative estimate of drug-likeness (QED) is 0.412. The second-order valence-electron chi connectivity index (χ2n) is 7.05. The Kier molecular flexibility index (Phi) is 5.69. The molecule has 0 spiro atoms. The summed E-state index contributed by atoms with van der Waals surface area (Å²) in [5, 5.41) is 17.7. The number of alkyl halides is 3. The number of hydrogen-bond acceptors (Lipinski definition) is 4. The molecular formula is C22H16F3N5O3. The van der Waals surface area contributed by atoms with E-state index in [9.17, 15) is 27.9 Å². The third-order valence-corrected chi connectivity index (χ3v) is 4.67. The zero-order chi connectivity index (χ0) is 23.6. The summed E-state index contributed by atoms with van der Waals surface area (Å²) in [5.74, 6) is -1.03. The van der Waals surface area contributed by atoms with Gasteiger partial charge in [-0.3, -0.25) is 0 Å². The fourth-order valence-electron chi connectivity index (χ4n) is 3.17. The largest absolute Gasteiger partial charge is 0.478 e. The summed E-state index contributed by atoms with van der Waals surface area (Å²) in [6.07, 6.45) is -1.36. The number of carboxylic acid groups (broad SMARTS) is 1. The van der Waals surface area contributed by atoms with Gasteiger partial charge in [0.05, 0.1) is 23.7 Å². The van der Waals surface area contributed by atoms with E-state index >= 15 is 0 Å². The van der Waals surface area contributed by atoms with E-state index in [1.54, 1.807) is 70.8 Å². The van der Waals surface area contributed by atoms with Crippen molar-refractivity contribution in [3.05, 3.63) is 72.6 Å². The number of carbonyl (C=O) groups excluding carboxylic acids is 1. The first-order valence-electron chi connectivity index (χ1n) is 9.59. The van der Waals surface area contributed by atoms with Crippen LogP contribution in [0.4, 0.5) is 23.7 Å². The highest BCUT2D eigenvalue weighted by molar-refractivity contribution is 5.90. The molecule has 0 aliphatic carbocycles. The average molecular weight is 455 g/mol. The Balaban J connectivity index is 1.58. The first-order valence-corrected chi connectivity index (χ1v) is 9.59. The average Bonchev–Trinajstić information content (AvgIpc) is 3.21. The smallest absolute Gasteiger partial charge is 0.405 e. The standard InChI is InChI=1S/C22H16F3N5O3/c23-22(24,25)12-27-21(33)29-17-6-2-4-14(8-17)18-11-26-19-9-16(10-28-30(18)19)13-3-1-5-15(7-13)20(31)32/h1-11H,12H2,(H,31,32)(H2,27,29,33). The van der Waals surface area contributed by atoms with Gasteiger partial charge in [-0.05, 0) is 35.9 Å². The molecule has 2 amide bonds. The molecule has 0 radical (unpaired) electrons. The van der Waals surface area contributed by atoms with Gasteiger partial charge in [0.1, 0.15) is 6.54 Å². The monoisotopic (exact) mass is 455 g/mol. The molecule has 8 nitrogen and oxygen atoms in total. The van der Waals surface area contributed by atoms with Crippen molar-refractivity contribution in [3.63, 3.8) is 0 Å². The topological polar surface area (TPSA) is 109 Å². The van der Waals surface area contributed by atoms with Crippen LogP contribution < -0.4 is 10.6 Å². The maximum absolute atomic E-state index is 12.3. The lowest BCUT2D eigenvalue weighted by atomic mass is 10.1.